The zero-order valence-electron chi connectivity index (χ0n) is 18.4. The summed E-state index contributed by atoms with van der Waals surface area (Å²) < 4.78 is 11.5. The molecular formula is C22H30N4O4. The van der Waals surface area contributed by atoms with Gasteiger partial charge in [-0.2, -0.15) is 0 Å². The van der Waals surface area contributed by atoms with Crippen molar-refractivity contribution in [1.82, 2.24) is 15.2 Å². The van der Waals surface area contributed by atoms with Crippen molar-refractivity contribution in [3.8, 4) is 0 Å². The number of hydrogen-bond donors (Lipinski definition) is 2. The molecule has 0 spiro atoms. The molecule has 30 heavy (non-hydrogen) atoms. The molecule has 1 aromatic heterocycles. The van der Waals surface area contributed by atoms with Crippen molar-refractivity contribution in [3.05, 3.63) is 36.7 Å². The minimum absolute atomic E-state index is 0.224. The Morgan fingerprint density at radius 1 is 1.27 bits per heavy atom. The van der Waals surface area contributed by atoms with Gasteiger partial charge in [0.1, 0.15) is 11.3 Å². The quantitative estimate of drug-likeness (QED) is 0.788. The Morgan fingerprint density at radius 3 is 2.70 bits per heavy atom. The third-order valence-corrected chi connectivity index (χ3v) is 4.92. The predicted octanol–water partition coefficient (Wildman–Crippen LogP) is 4.12. The summed E-state index contributed by atoms with van der Waals surface area (Å²) in [6.07, 6.45) is 2.70. The first-order valence-corrected chi connectivity index (χ1v) is 10.1. The molecule has 2 heterocycles. The normalized spacial score (nSPS) is 20.8. The molecule has 162 valence electrons. The van der Waals surface area contributed by atoms with Crippen molar-refractivity contribution in [2.45, 2.75) is 65.0 Å². The van der Waals surface area contributed by atoms with Crippen molar-refractivity contribution in [3.63, 3.8) is 0 Å². The monoisotopic (exact) mass is 414 g/mol. The van der Waals surface area contributed by atoms with Gasteiger partial charge in [0, 0.05) is 29.7 Å². The first-order chi connectivity index (χ1) is 14.0. The number of nitrogens with zero attached hydrogens (tertiary/aromatic N) is 2. The summed E-state index contributed by atoms with van der Waals surface area (Å²) in [7, 11) is 0. The van der Waals surface area contributed by atoms with Gasteiger partial charge in [-0.15, -0.1) is 0 Å². The number of benzene rings is 1. The van der Waals surface area contributed by atoms with Crippen molar-refractivity contribution >= 4 is 28.6 Å². The van der Waals surface area contributed by atoms with E-state index in [-0.39, 0.29) is 24.7 Å². The van der Waals surface area contributed by atoms with Crippen LogP contribution in [0.25, 0.3) is 10.8 Å². The molecular weight excluding hydrogens is 384 g/mol. The maximum atomic E-state index is 12.8. The van der Waals surface area contributed by atoms with Crippen LogP contribution in [0, 0.1) is 0 Å². The molecule has 8 heteroatoms. The van der Waals surface area contributed by atoms with E-state index in [4.69, 9.17) is 9.47 Å². The number of carbonyl (C=O) groups excluding carboxylic acids is 2. The Morgan fingerprint density at radius 2 is 2.00 bits per heavy atom. The van der Waals surface area contributed by atoms with Crippen LogP contribution < -0.4 is 10.6 Å². The van der Waals surface area contributed by atoms with Crippen LogP contribution in [0.5, 0.6) is 0 Å². The average molecular weight is 415 g/mol. The fraction of sp³-hybridized carbons (Fsp3) is 0.500. The van der Waals surface area contributed by atoms with Crippen LogP contribution in [0.15, 0.2) is 36.7 Å². The van der Waals surface area contributed by atoms with Crippen LogP contribution in [0.4, 0.5) is 15.3 Å². The van der Waals surface area contributed by atoms with Crippen molar-refractivity contribution in [2.75, 3.05) is 11.9 Å². The second-order valence-corrected chi connectivity index (χ2v) is 8.92. The topological polar surface area (TPSA) is 92.8 Å². The Kier molecular flexibility index (Phi) is 5.90. The molecule has 0 saturated carbocycles. The lowest BCUT2D eigenvalue weighted by Gasteiger charge is -2.35. The van der Waals surface area contributed by atoms with Crippen LogP contribution >= 0.6 is 0 Å². The van der Waals surface area contributed by atoms with Crippen LogP contribution in [-0.2, 0) is 9.47 Å². The molecule has 2 aromatic rings. The number of hydrogen-bond acceptors (Lipinski definition) is 5. The summed E-state index contributed by atoms with van der Waals surface area (Å²) in [5, 5.41) is 7.57. The highest BCUT2D eigenvalue weighted by molar-refractivity contribution is 6.01. The summed E-state index contributed by atoms with van der Waals surface area (Å²) in [6, 6.07) is 6.75. The van der Waals surface area contributed by atoms with E-state index in [1.807, 2.05) is 65.8 Å². The Hall–Kier alpha value is -2.87. The molecule has 3 rings (SSSR count). The van der Waals surface area contributed by atoms with E-state index in [1.54, 1.807) is 17.3 Å². The number of urea groups is 1. The second-order valence-electron chi connectivity index (χ2n) is 8.92. The predicted molar refractivity (Wildman–Crippen MR) is 115 cm³/mol. The lowest BCUT2D eigenvalue weighted by molar-refractivity contribution is -0.0756. The SMILES string of the molecule is CC1OC(C)(C)N(C(=O)OC(C)(C)C)C1CNC(=O)Nc1cccc2cnccc12. The molecule has 2 unspecified atom stereocenters. The van der Waals surface area contributed by atoms with E-state index in [1.165, 1.54) is 0 Å². The van der Waals surface area contributed by atoms with Gasteiger partial charge in [-0.3, -0.25) is 9.88 Å². The molecule has 1 aliphatic heterocycles. The van der Waals surface area contributed by atoms with E-state index in [9.17, 15) is 9.59 Å². The molecule has 0 aliphatic carbocycles. The van der Waals surface area contributed by atoms with E-state index in [0.717, 1.165) is 10.8 Å². The Balaban J connectivity index is 1.69. The van der Waals surface area contributed by atoms with E-state index < -0.39 is 17.4 Å². The molecule has 1 fully saturated rings. The number of anilines is 1. The van der Waals surface area contributed by atoms with Crippen LogP contribution in [0.1, 0.15) is 41.5 Å². The molecule has 1 aromatic carbocycles. The highest BCUT2D eigenvalue weighted by Crippen LogP contribution is 2.33. The lowest BCUT2D eigenvalue weighted by Crippen LogP contribution is -2.53. The molecule has 0 radical (unpaired) electrons. The van der Waals surface area contributed by atoms with E-state index in [2.05, 4.69) is 15.6 Å². The minimum atomic E-state index is -0.840. The first-order valence-electron chi connectivity index (χ1n) is 10.1. The second kappa shape index (κ2) is 8.10. The van der Waals surface area contributed by atoms with Crippen LogP contribution in [-0.4, -0.2) is 52.0 Å². The number of carbonyl (C=O) groups is 2. The number of amides is 3. The molecule has 3 amide bonds. The van der Waals surface area contributed by atoms with Gasteiger partial charge >= 0.3 is 12.1 Å². The highest BCUT2D eigenvalue weighted by atomic mass is 16.6. The summed E-state index contributed by atoms with van der Waals surface area (Å²) in [4.78, 5) is 31.0. The summed E-state index contributed by atoms with van der Waals surface area (Å²) in [5.41, 5.74) is -0.780. The molecule has 1 aliphatic rings. The third kappa shape index (κ3) is 4.81. The maximum absolute atomic E-state index is 12.8. The van der Waals surface area contributed by atoms with Crippen LogP contribution in [0.3, 0.4) is 0 Å². The van der Waals surface area contributed by atoms with Gasteiger partial charge in [-0.25, -0.2) is 9.59 Å². The maximum Gasteiger partial charge on any atom is 0.412 e. The highest BCUT2D eigenvalue weighted by Gasteiger charge is 2.49. The standard InChI is InChI=1S/C22H30N4O4/c1-14-18(26(22(5,6)29-14)20(28)30-21(2,3)4)13-24-19(27)25-17-9-7-8-15-12-23-11-10-16(15)17/h7-12,14,18H,13H2,1-6H3,(H2,24,25,27). The van der Waals surface area contributed by atoms with Gasteiger partial charge in [-0.05, 0) is 53.7 Å². The third-order valence-electron chi connectivity index (χ3n) is 4.92. The van der Waals surface area contributed by atoms with Gasteiger partial charge in [0.25, 0.3) is 0 Å². The fourth-order valence-electron chi connectivity index (χ4n) is 3.72. The zero-order chi connectivity index (χ0) is 22.1. The van der Waals surface area contributed by atoms with Gasteiger partial charge < -0.3 is 20.1 Å². The van der Waals surface area contributed by atoms with E-state index >= 15 is 0 Å². The van der Waals surface area contributed by atoms with Crippen molar-refractivity contribution in [2.24, 2.45) is 0 Å². The van der Waals surface area contributed by atoms with E-state index in [0.29, 0.717) is 5.69 Å². The number of ether oxygens (including phenoxy) is 2. The molecule has 8 nitrogen and oxygen atoms in total. The summed E-state index contributed by atoms with van der Waals surface area (Å²) in [6.45, 7) is 11.2. The lowest BCUT2D eigenvalue weighted by atomic mass is 10.1. The van der Waals surface area contributed by atoms with Gasteiger partial charge in [0.2, 0.25) is 0 Å². The largest absolute Gasteiger partial charge is 0.444 e. The molecule has 0 bridgehead atoms. The van der Waals surface area contributed by atoms with Gasteiger partial charge in [0.05, 0.1) is 17.8 Å². The number of rotatable bonds is 3. The first kappa shape index (κ1) is 21.8. The Labute approximate surface area is 176 Å². The summed E-state index contributed by atoms with van der Waals surface area (Å²) in [5.74, 6) is 0. The Bertz CT molecular complexity index is 933. The van der Waals surface area contributed by atoms with Crippen LogP contribution in [0.2, 0.25) is 0 Å². The summed E-state index contributed by atoms with van der Waals surface area (Å²) >= 11 is 0. The smallest absolute Gasteiger partial charge is 0.412 e. The number of nitrogens with one attached hydrogen (secondary N) is 2. The molecule has 1 saturated heterocycles. The minimum Gasteiger partial charge on any atom is -0.444 e. The zero-order valence-corrected chi connectivity index (χ0v) is 18.4. The number of fused-ring (bicyclic) bond motifs is 1. The number of aromatic nitrogens is 1. The van der Waals surface area contributed by atoms with Gasteiger partial charge in [-0.1, -0.05) is 12.1 Å². The van der Waals surface area contributed by atoms with Crippen molar-refractivity contribution < 1.29 is 19.1 Å². The molecule has 2 atom stereocenters. The molecule has 2 N–H and O–H groups in total. The van der Waals surface area contributed by atoms with Gasteiger partial charge in [0.15, 0.2) is 0 Å². The fourth-order valence-corrected chi connectivity index (χ4v) is 3.72. The average Bonchev–Trinajstić information content (AvgIpc) is 2.86. The van der Waals surface area contributed by atoms with Crippen molar-refractivity contribution in [1.29, 1.82) is 0 Å². The number of pyridine rings is 1.